The van der Waals surface area contributed by atoms with Crippen molar-refractivity contribution in [2.45, 2.75) is 38.6 Å². The molecule has 1 atom stereocenters. The largest absolute Gasteiger partial charge is 0.497 e. The van der Waals surface area contributed by atoms with Gasteiger partial charge in [-0.1, -0.05) is 19.1 Å². The van der Waals surface area contributed by atoms with Gasteiger partial charge in [-0.25, -0.2) is 0 Å². The number of likely N-dealkylation sites (tertiary alicyclic amines) is 1. The van der Waals surface area contributed by atoms with Crippen LogP contribution >= 0.6 is 0 Å². The van der Waals surface area contributed by atoms with Crippen LogP contribution in [0, 0.1) is 0 Å². The highest BCUT2D eigenvalue weighted by Crippen LogP contribution is 2.22. The van der Waals surface area contributed by atoms with Crippen molar-refractivity contribution in [3.63, 3.8) is 0 Å². The average Bonchev–Trinajstić information content (AvgIpc) is 2.78. The van der Waals surface area contributed by atoms with Crippen LogP contribution in [0.3, 0.4) is 0 Å². The Morgan fingerprint density at radius 1 is 1.29 bits per heavy atom. The van der Waals surface area contributed by atoms with Crippen LogP contribution in [0.15, 0.2) is 24.3 Å². The number of methoxy groups -OCH3 is 1. The minimum atomic E-state index is 0.753. The monoisotopic (exact) mass is 233 g/mol. The fourth-order valence-corrected chi connectivity index (χ4v) is 2.74. The zero-order valence-corrected chi connectivity index (χ0v) is 11.0. The number of ether oxygens (including phenoxy) is 1. The molecule has 0 aliphatic carbocycles. The summed E-state index contributed by atoms with van der Waals surface area (Å²) in [6.45, 7) is 4.80. The maximum Gasteiger partial charge on any atom is 0.118 e. The average molecular weight is 233 g/mol. The van der Waals surface area contributed by atoms with Crippen LogP contribution in [0.2, 0.25) is 0 Å². The Kier molecular flexibility index (Phi) is 4.43. The Hall–Kier alpha value is -1.02. The first-order chi connectivity index (χ1) is 8.33. The zero-order chi connectivity index (χ0) is 12.1. The predicted molar refractivity (Wildman–Crippen MR) is 71.6 cm³/mol. The van der Waals surface area contributed by atoms with Crippen LogP contribution in [0.1, 0.15) is 31.7 Å². The summed E-state index contributed by atoms with van der Waals surface area (Å²) in [6, 6.07) is 9.27. The van der Waals surface area contributed by atoms with E-state index in [1.54, 1.807) is 7.11 Å². The number of rotatable bonds is 5. The molecule has 1 aromatic rings. The van der Waals surface area contributed by atoms with Gasteiger partial charge in [0, 0.05) is 6.04 Å². The predicted octanol–water partition coefficient (Wildman–Crippen LogP) is 3.11. The van der Waals surface area contributed by atoms with E-state index >= 15 is 0 Å². The lowest BCUT2D eigenvalue weighted by Crippen LogP contribution is -2.31. The van der Waals surface area contributed by atoms with Crippen molar-refractivity contribution in [2.24, 2.45) is 0 Å². The van der Waals surface area contributed by atoms with Crippen molar-refractivity contribution >= 4 is 0 Å². The quantitative estimate of drug-likeness (QED) is 0.775. The molecule has 2 rings (SSSR count). The summed E-state index contributed by atoms with van der Waals surface area (Å²) < 4.78 is 5.19. The second kappa shape index (κ2) is 6.06. The molecule has 0 N–H and O–H groups in total. The minimum Gasteiger partial charge on any atom is -0.497 e. The normalized spacial score (nSPS) is 20.7. The van der Waals surface area contributed by atoms with Crippen molar-refractivity contribution in [3.05, 3.63) is 29.8 Å². The summed E-state index contributed by atoms with van der Waals surface area (Å²) in [5, 5.41) is 0. The summed E-state index contributed by atoms with van der Waals surface area (Å²) in [7, 11) is 1.72. The standard InChI is InChI=1S/C15H23NO/c1-3-10-16-11-4-5-14(16)12-13-6-8-15(17-2)9-7-13/h6-9,14H,3-5,10-12H2,1-2H3. The molecule has 0 saturated carbocycles. The van der Waals surface area contributed by atoms with Crippen molar-refractivity contribution in [1.82, 2.24) is 4.90 Å². The van der Waals surface area contributed by atoms with Gasteiger partial charge in [-0.15, -0.1) is 0 Å². The number of nitrogens with zero attached hydrogens (tertiary/aromatic N) is 1. The molecular formula is C15H23NO. The Morgan fingerprint density at radius 3 is 2.71 bits per heavy atom. The van der Waals surface area contributed by atoms with E-state index in [1.165, 1.54) is 44.3 Å². The minimum absolute atomic E-state index is 0.753. The molecule has 0 radical (unpaired) electrons. The SMILES string of the molecule is CCCN1CCCC1Cc1ccc(OC)cc1. The fraction of sp³-hybridized carbons (Fsp3) is 0.600. The smallest absolute Gasteiger partial charge is 0.118 e. The molecule has 1 unspecified atom stereocenters. The van der Waals surface area contributed by atoms with E-state index in [0.29, 0.717) is 0 Å². The molecule has 1 fully saturated rings. The van der Waals surface area contributed by atoms with Gasteiger partial charge >= 0.3 is 0 Å². The van der Waals surface area contributed by atoms with E-state index in [0.717, 1.165) is 11.8 Å². The Labute approximate surface area is 105 Å². The highest BCUT2D eigenvalue weighted by atomic mass is 16.5. The molecular weight excluding hydrogens is 210 g/mol. The topological polar surface area (TPSA) is 12.5 Å². The molecule has 0 amide bonds. The molecule has 0 aromatic heterocycles. The third-order valence-corrected chi connectivity index (χ3v) is 3.64. The molecule has 1 aliphatic heterocycles. The van der Waals surface area contributed by atoms with Gasteiger partial charge in [0.2, 0.25) is 0 Å². The summed E-state index contributed by atoms with van der Waals surface area (Å²) >= 11 is 0. The second-order valence-electron chi connectivity index (χ2n) is 4.88. The van der Waals surface area contributed by atoms with E-state index in [2.05, 4.69) is 36.1 Å². The summed E-state index contributed by atoms with van der Waals surface area (Å²) in [6.07, 6.45) is 5.16. The molecule has 2 nitrogen and oxygen atoms in total. The van der Waals surface area contributed by atoms with E-state index in [4.69, 9.17) is 4.74 Å². The Morgan fingerprint density at radius 2 is 2.06 bits per heavy atom. The van der Waals surface area contributed by atoms with Gasteiger partial charge in [0.1, 0.15) is 5.75 Å². The molecule has 1 aliphatic rings. The Bertz CT molecular complexity index is 333. The van der Waals surface area contributed by atoms with Gasteiger partial charge in [0.25, 0.3) is 0 Å². The van der Waals surface area contributed by atoms with E-state index in [1.807, 2.05) is 0 Å². The first-order valence-corrected chi connectivity index (χ1v) is 6.70. The van der Waals surface area contributed by atoms with Crippen molar-refractivity contribution in [2.75, 3.05) is 20.2 Å². The molecule has 2 heteroatoms. The summed E-state index contributed by atoms with van der Waals surface area (Å²) in [5.41, 5.74) is 1.43. The summed E-state index contributed by atoms with van der Waals surface area (Å²) in [5.74, 6) is 0.950. The van der Waals surface area contributed by atoms with E-state index < -0.39 is 0 Å². The van der Waals surface area contributed by atoms with Crippen LogP contribution in [-0.4, -0.2) is 31.1 Å². The van der Waals surface area contributed by atoms with Crippen molar-refractivity contribution in [3.8, 4) is 5.75 Å². The lowest BCUT2D eigenvalue weighted by molar-refractivity contribution is 0.253. The van der Waals surface area contributed by atoms with Crippen molar-refractivity contribution < 1.29 is 4.74 Å². The maximum atomic E-state index is 5.19. The third-order valence-electron chi connectivity index (χ3n) is 3.64. The molecule has 0 bridgehead atoms. The number of benzene rings is 1. The van der Waals surface area contributed by atoms with Crippen LogP contribution in [0.4, 0.5) is 0 Å². The highest BCUT2D eigenvalue weighted by Gasteiger charge is 2.23. The van der Waals surface area contributed by atoms with E-state index in [-0.39, 0.29) is 0 Å². The number of hydrogen-bond donors (Lipinski definition) is 0. The molecule has 1 heterocycles. The molecule has 1 aromatic carbocycles. The fourth-order valence-electron chi connectivity index (χ4n) is 2.74. The van der Waals surface area contributed by atoms with Gasteiger partial charge < -0.3 is 9.64 Å². The molecule has 17 heavy (non-hydrogen) atoms. The van der Waals surface area contributed by atoms with Crippen molar-refractivity contribution in [1.29, 1.82) is 0 Å². The first-order valence-electron chi connectivity index (χ1n) is 6.70. The van der Waals surface area contributed by atoms with Gasteiger partial charge in [0.05, 0.1) is 7.11 Å². The molecule has 1 saturated heterocycles. The van der Waals surface area contributed by atoms with Gasteiger partial charge in [0.15, 0.2) is 0 Å². The highest BCUT2D eigenvalue weighted by molar-refractivity contribution is 5.27. The van der Waals surface area contributed by atoms with Gasteiger partial charge in [-0.3, -0.25) is 0 Å². The van der Waals surface area contributed by atoms with Gasteiger partial charge in [-0.05, 0) is 56.5 Å². The Balaban J connectivity index is 1.94. The van der Waals surface area contributed by atoms with E-state index in [9.17, 15) is 0 Å². The van der Waals surface area contributed by atoms with Crippen LogP contribution in [0.5, 0.6) is 5.75 Å². The van der Waals surface area contributed by atoms with Crippen LogP contribution in [0.25, 0.3) is 0 Å². The second-order valence-corrected chi connectivity index (χ2v) is 4.88. The van der Waals surface area contributed by atoms with Crippen LogP contribution < -0.4 is 4.74 Å². The molecule has 94 valence electrons. The van der Waals surface area contributed by atoms with Crippen LogP contribution in [-0.2, 0) is 6.42 Å². The zero-order valence-electron chi connectivity index (χ0n) is 11.0. The third kappa shape index (κ3) is 3.22. The lowest BCUT2D eigenvalue weighted by atomic mass is 10.0. The first kappa shape index (κ1) is 12.4. The lowest BCUT2D eigenvalue weighted by Gasteiger charge is -2.23. The maximum absolute atomic E-state index is 5.19. The number of hydrogen-bond acceptors (Lipinski definition) is 2. The summed E-state index contributed by atoms with van der Waals surface area (Å²) in [4.78, 5) is 2.64. The van der Waals surface area contributed by atoms with Gasteiger partial charge in [-0.2, -0.15) is 0 Å². The molecule has 0 spiro atoms.